The van der Waals surface area contributed by atoms with Crippen LogP contribution in [-0.4, -0.2) is 22.8 Å². The number of hydrogen-bond donors (Lipinski definition) is 1. The number of likely N-dealkylation sites (N-methyl/N-ethyl adjacent to an activating group) is 1. The second kappa shape index (κ2) is 7.13. The van der Waals surface area contributed by atoms with Crippen LogP contribution < -0.4 is 15.7 Å². The van der Waals surface area contributed by atoms with E-state index >= 15 is 0 Å². The smallest absolute Gasteiger partial charge is 0.328 e. The lowest BCUT2D eigenvalue weighted by atomic mass is 10.1. The third-order valence-corrected chi connectivity index (χ3v) is 3.58. The molecule has 0 aliphatic rings. The van der Waals surface area contributed by atoms with Crippen LogP contribution in [0.15, 0.2) is 41.5 Å². The maximum Gasteiger partial charge on any atom is 0.328 e. The minimum absolute atomic E-state index is 0.0312. The molecule has 0 saturated carbocycles. The van der Waals surface area contributed by atoms with Gasteiger partial charge in [0.25, 0.3) is 0 Å². The van der Waals surface area contributed by atoms with E-state index in [0.29, 0.717) is 19.7 Å². The zero-order valence-electron chi connectivity index (χ0n) is 12.9. The van der Waals surface area contributed by atoms with Crippen LogP contribution in [0.1, 0.15) is 25.5 Å². The minimum Gasteiger partial charge on any atom is -0.494 e. The normalized spacial score (nSPS) is 12.3. The lowest BCUT2D eigenvalue weighted by Gasteiger charge is -2.17. The van der Waals surface area contributed by atoms with Crippen LogP contribution in [0.5, 0.6) is 5.75 Å². The van der Waals surface area contributed by atoms with E-state index in [1.165, 1.54) is 0 Å². The third kappa shape index (κ3) is 3.55. The van der Waals surface area contributed by atoms with E-state index in [2.05, 4.69) is 5.32 Å². The van der Waals surface area contributed by atoms with Crippen molar-refractivity contribution in [3.8, 4) is 5.75 Å². The van der Waals surface area contributed by atoms with Gasteiger partial charge in [0.2, 0.25) is 0 Å². The highest BCUT2D eigenvalue weighted by Gasteiger charge is 2.12. The summed E-state index contributed by atoms with van der Waals surface area (Å²) in [6, 6.07) is 8.08. The molecule has 1 aromatic carbocycles. The fourth-order valence-electron chi connectivity index (χ4n) is 2.36. The summed E-state index contributed by atoms with van der Waals surface area (Å²) in [6.07, 6.45) is 3.66. The topological polar surface area (TPSA) is 48.2 Å². The first-order valence-electron chi connectivity index (χ1n) is 7.35. The van der Waals surface area contributed by atoms with E-state index < -0.39 is 0 Å². The molecule has 5 heteroatoms. The molecule has 1 unspecified atom stereocenters. The summed E-state index contributed by atoms with van der Waals surface area (Å²) in [6.45, 7) is 5.90. The van der Waals surface area contributed by atoms with E-state index in [-0.39, 0.29) is 11.7 Å². The average molecular weight is 289 g/mol. The summed E-state index contributed by atoms with van der Waals surface area (Å²) in [7, 11) is 1.91. The predicted octanol–water partition coefficient (Wildman–Crippen LogP) is 2.03. The molecule has 5 nitrogen and oxygen atoms in total. The largest absolute Gasteiger partial charge is 0.494 e. The lowest BCUT2D eigenvalue weighted by Crippen LogP contribution is -2.29. The fraction of sp³-hybridized carbons (Fsp3) is 0.438. The van der Waals surface area contributed by atoms with Crippen molar-refractivity contribution >= 4 is 0 Å². The van der Waals surface area contributed by atoms with Crippen LogP contribution in [0.4, 0.5) is 0 Å². The van der Waals surface area contributed by atoms with Crippen molar-refractivity contribution in [3.05, 3.63) is 52.7 Å². The van der Waals surface area contributed by atoms with Crippen molar-refractivity contribution in [3.63, 3.8) is 0 Å². The van der Waals surface area contributed by atoms with Crippen LogP contribution >= 0.6 is 0 Å². The number of aromatic nitrogens is 2. The van der Waals surface area contributed by atoms with E-state index in [1.807, 2.05) is 57.6 Å². The maximum atomic E-state index is 12.1. The van der Waals surface area contributed by atoms with Crippen molar-refractivity contribution < 1.29 is 4.74 Å². The number of nitrogens with one attached hydrogen (secondary N) is 1. The average Bonchev–Trinajstić information content (AvgIpc) is 2.86. The summed E-state index contributed by atoms with van der Waals surface area (Å²) in [5, 5.41) is 3.26. The maximum absolute atomic E-state index is 12.1. The van der Waals surface area contributed by atoms with Gasteiger partial charge in [-0.05, 0) is 38.6 Å². The summed E-state index contributed by atoms with van der Waals surface area (Å²) < 4.78 is 8.89. The monoisotopic (exact) mass is 289 g/mol. The highest BCUT2D eigenvalue weighted by molar-refractivity contribution is 5.29. The zero-order valence-corrected chi connectivity index (χ0v) is 12.9. The first kappa shape index (κ1) is 15.4. The molecule has 0 amide bonds. The van der Waals surface area contributed by atoms with Gasteiger partial charge in [-0.15, -0.1) is 0 Å². The van der Waals surface area contributed by atoms with Gasteiger partial charge in [0.1, 0.15) is 5.75 Å². The molecule has 0 spiro atoms. The van der Waals surface area contributed by atoms with Gasteiger partial charge in [-0.3, -0.25) is 9.13 Å². The zero-order chi connectivity index (χ0) is 15.2. The van der Waals surface area contributed by atoms with Gasteiger partial charge in [-0.2, -0.15) is 0 Å². The van der Waals surface area contributed by atoms with Gasteiger partial charge in [-0.25, -0.2) is 4.79 Å². The van der Waals surface area contributed by atoms with Crippen molar-refractivity contribution in [2.45, 2.75) is 33.0 Å². The molecule has 21 heavy (non-hydrogen) atoms. The SMILES string of the molecule is CCOc1ccc(C(Cn2ccn(CC)c2=O)NC)cc1. The number of benzene rings is 1. The van der Waals surface area contributed by atoms with Gasteiger partial charge < -0.3 is 10.1 Å². The molecular formula is C16H23N3O2. The first-order chi connectivity index (χ1) is 10.2. The van der Waals surface area contributed by atoms with Crippen LogP contribution in [-0.2, 0) is 13.1 Å². The van der Waals surface area contributed by atoms with Crippen molar-refractivity contribution in [2.24, 2.45) is 0 Å². The molecule has 2 aromatic rings. The summed E-state index contributed by atoms with van der Waals surface area (Å²) in [5.74, 6) is 0.866. The number of aryl methyl sites for hydroxylation is 1. The number of nitrogens with zero attached hydrogens (tertiary/aromatic N) is 2. The van der Waals surface area contributed by atoms with E-state index in [4.69, 9.17) is 4.74 Å². The number of imidazole rings is 1. The predicted molar refractivity (Wildman–Crippen MR) is 83.8 cm³/mol. The Morgan fingerprint density at radius 2 is 1.81 bits per heavy atom. The van der Waals surface area contributed by atoms with Gasteiger partial charge in [-0.1, -0.05) is 12.1 Å². The van der Waals surface area contributed by atoms with E-state index in [0.717, 1.165) is 11.3 Å². The molecule has 0 saturated heterocycles. The Morgan fingerprint density at radius 1 is 1.14 bits per heavy atom. The van der Waals surface area contributed by atoms with E-state index in [9.17, 15) is 4.79 Å². The van der Waals surface area contributed by atoms with Crippen molar-refractivity contribution in [1.29, 1.82) is 0 Å². The lowest BCUT2D eigenvalue weighted by molar-refractivity contribution is 0.340. The molecule has 1 aromatic heterocycles. The van der Waals surface area contributed by atoms with Crippen molar-refractivity contribution in [1.82, 2.24) is 14.5 Å². The minimum atomic E-state index is 0.0312. The summed E-state index contributed by atoms with van der Waals surface area (Å²) >= 11 is 0. The molecule has 1 atom stereocenters. The van der Waals surface area contributed by atoms with Crippen LogP contribution in [0.3, 0.4) is 0 Å². The highest BCUT2D eigenvalue weighted by Crippen LogP contribution is 2.18. The van der Waals surface area contributed by atoms with Crippen LogP contribution in [0.25, 0.3) is 0 Å². The Hall–Kier alpha value is -2.01. The second-order valence-corrected chi connectivity index (χ2v) is 4.86. The molecule has 114 valence electrons. The Morgan fingerprint density at radius 3 is 2.33 bits per heavy atom. The van der Waals surface area contributed by atoms with Crippen molar-refractivity contribution in [2.75, 3.05) is 13.7 Å². The summed E-state index contributed by atoms with van der Waals surface area (Å²) in [5.41, 5.74) is 1.17. The number of rotatable bonds is 7. The Labute approximate surface area is 125 Å². The highest BCUT2D eigenvalue weighted by atomic mass is 16.5. The molecule has 0 bridgehead atoms. The molecule has 1 N–H and O–H groups in total. The van der Waals surface area contributed by atoms with Gasteiger partial charge in [0.15, 0.2) is 0 Å². The Bertz CT molecular complexity index is 613. The Balaban J connectivity index is 2.15. The molecule has 0 fully saturated rings. The van der Waals surface area contributed by atoms with Gasteiger partial charge >= 0.3 is 5.69 Å². The third-order valence-electron chi connectivity index (χ3n) is 3.58. The molecule has 0 aliphatic carbocycles. The summed E-state index contributed by atoms with van der Waals surface area (Å²) in [4.78, 5) is 12.1. The molecular weight excluding hydrogens is 266 g/mol. The quantitative estimate of drug-likeness (QED) is 0.848. The Kier molecular flexibility index (Phi) is 5.22. The van der Waals surface area contributed by atoms with Gasteiger partial charge in [0.05, 0.1) is 12.6 Å². The second-order valence-electron chi connectivity index (χ2n) is 4.86. The van der Waals surface area contributed by atoms with Gasteiger partial charge in [0, 0.05) is 25.5 Å². The number of ether oxygens (including phenoxy) is 1. The van der Waals surface area contributed by atoms with Crippen LogP contribution in [0.2, 0.25) is 0 Å². The molecule has 0 radical (unpaired) electrons. The standard InChI is InChI=1S/C16H23N3O2/c1-4-18-10-11-19(16(18)20)12-15(17-3)13-6-8-14(9-7-13)21-5-2/h6-11,15,17H,4-5,12H2,1-3H3. The number of hydrogen-bond acceptors (Lipinski definition) is 3. The van der Waals surface area contributed by atoms with Crippen LogP contribution in [0, 0.1) is 0 Å². The fourth-order valence-corrected chi connectivity index (χ4v) is 2.36. The molecule has 2 rings (SSSR count). The van der Waals surface area contributed by atoms with E-state index in [1.54, 1.807) is 9.13 Å². The molecule has 0 aliphatic heterocycles. The first-order valence-corrected chi connectivity index (χ1v) is 7.35. The molecule has 1 heterocycles.